The number of nitrogens with zero attached hydrogens (tertiary/aromatic N) is 1. The molecule has 1 fully saturated rings. The number of rotatable bonds is 7. The number of ether oxygens (including phenoxy) is 3. The third kappa shape index (κ3) is 5.13. The molecule has 4 rings (SSSR count). The van der Waals surface area contributed by atoms with Gasteiger partial charge in [0.1, 0.15) is 17.6 Å². The van der Waals surface area contributed by atoms with E-state index >= 15 is 0 Å². The van der Waals surface area contributed by atoms with Crippen molar-refractivity contribution in [3.63, 3.8) is 0 Å². The predicted molar refractivity (Wildman–Crippen MR) is 123 cm³/mol. The number of hydrogen-bond acceptors (Lipinski definition) is 4. The molecular weight excluding hydrogens is 390 g/mol. The largest absolute Gasteiger partial charge is 0.494 e. The number of aliphatic imine (C=N–C) groups is 1. The first-order valence-corrected chi connectivity index (χ1v) is 11.2. The molecule has 1 unspecified atom stereocenters. The molecule has 6 heteroatoms. The SMILES string of the molecule is CCOc1ccc(C2(CNC(=NC)NCC3Cc4ccccc4O3)CCOCC2)cc1. The van der Waals surface area contributed by atoms with Crippen molar-refractivity contribution in [2.24, 2.45) is 4.99 Å². The smallest absolute Gasteiger partial charge is 0.191 e. The van der Waals surface area contributed by atoms with Gasteiger partial charge in [0.2, 0.25) is 0 Å². The highest BCUT2D eigenvalue weighted by Gasteiger charge is 2.34. The van der Waals surface area contributed by atoms with E-state index in [4.69, 9.17) is 14.2 Å². The van der Waals surface area contributed by atoms with Gasteiger partial charge in [0.05, 0.1) is 13.2 Å². The minimum Gasteiger partial charge on any atom is -0.494 e. The molecule has 0 bridgehead atoms. The van der Waals surface area contributed by atoms with Gasteiger partial charge in [-0.1, -0.05) is 30.3 Å². The topological polar surface area (TPSA) is 64.1 Å². The second kappa shape index (κ2) is 10.1. The minimum absolute atomic E-state index is 0.0146. The van der Waals surface area contributed by atoms with Gasteiger partial charge in [-0.05, 0) is 49.1 Å². The Morgan fingerprint density at radius 1 is 1.10 bits per heavy atom. The molecule has 0 saturated carbocycles. The first-order valence-electron chi connectivity index (χ1n) is 11.2. The molecule has 2 heterocycles. The molecule has 2 N–H and O–H groups in total. The van der Waals surface area contributed by atoms with Crippen LogP contribution in [-0.2, 0) is 16.6 Å². The van der Waals surface area contributed by atoms with Crippen molar-refractivity contribution in [2.45, 2.75) is 37.7 Å². The van der Waals surface area contributed by atoms with Crippen LogP contribution in [0.2, 0.25) is 0 Å². The van der Waals surface area contributed by atoms with Crippen LogP contribution in [0.15, 0.2) is 53.5 Å². The summed E-state index contributed by atoms with van der Waals surface area (Å²) in [7, 11) is 1.81. The second-order valence-corrected chi connectivity index (χ2v) is 8.21. The van der Waals surface area contributed by atoms with Crippen molar-refractivity contribution in [1.82, 2.24) is 10.6 Å². The normalized spacial score (nSPS) is 19.9. The molecule has 2 aromatic rings. The summed E-state index contributed by atoms with van der Waals surface area (Å²) >= 11 is 0. The molecule has 0 aliphatic carbocycles. The number of fused-ring (bicyclic) bond motifs is 1. The zero-order valence-corrected chi connectivity index (χ0v) is 18.5. The lowest BCUT2D eigenvalue weighted by Crippen LogP contribution is -2.49. The Morgan fingerprint density at radius 3 is 2.58 bits per heavy atom. The van der Waals surface area contributed by atoms with Crippen molar-refractivity contribution in [2.75, 3.05) is 40.0 Å². The summed E-state index contributed by atoms with van der Waals surface area (Å²) in [6.07, 6.45) is 3.00. The summed E-state index contributed by atoms with van der Waals surface area (Å²) in [5, 5.41) is 7.00. The third-order valence-electron chi connectivity index (χ3n) is 6.26. The summed E-state index contributed by atoms with van der Waals surface area (Å²) in [6, 6.07) is 16.8. The van der Waals surface area contributed by atoms with Crippen LogP contribution in [0, 0.1) is 0 Å². The molecule has 2 aromatic carbocycles. The third-order valence-corrected chi connectivity index (χ3v) is 6.26. The van der Waals surface area contributed by atoms with E-state index in [9.17, 15) is 0 Å². The molecule has 1 saturated heterocycles. The Hall–Kier alpha value is -2.73. The van der Waals surface area contributed by atoms with Crippen molar-refractivity contribution < 1.29 is 14.2 Å². The molecule has 31 heavy (non-hydrogen) atoms. The van der Waals surface area contributed by atoms with Crippen molar-refractivity contribution in [1.29, 1.82) is 0 Å². The quantitative estimate of drug-likeness (QED) is 0.529. The first-order chi connectivity index (χ1) is 15.2. The molecule has 2 aliphatic heterocycles. The molecule has 6 nitrogen and oxygen atoms in total. The first kappa shape index (κ1) is 21.5. The van der Waals surface area contributed by atoms with Gasteiger partial charge in [0.15, 0.2) is 5.96 Å². The zero-order valence-electron chi connectivity index (χ0n) is 18.5. The monoisotopic (exact) mass is 423 g/mol. The molecule has 2 aliphatic rings. The summed E-state index contributed by atoms with van der Waals surface area (Å²) < 4.78 is 17.3. The van der Waals surface area contributed by atoms with Gasteiger partial charge < -0.3 is 24.8 Å². The van der Waals surface area contributed by atoms with Crippen LogP contribution in [0.1, 0.15) is 30.9 Å². The van der Waals surface area contributed by atoms with E-state index in [1.807, 2.05) is 26.1 Å². The average molecular weight is 424 g/mol. The molecule has 0 radical (unpaired) electrons. The number of hydrogen-bond donors (Lipinski definition) is 2. The maximum absolute atomic E-state index is 6.04. The van der Waals surface area contributed by atoms with Crippen LogP contribution in [0.3, 0.4) is 0 Å². The Kier molecular flexibility index (Phi) is 6.97. The Labute approximate surface area is 185 Å². The van der Waals surface area contributed by atoms with Gasteiger partial charge in [-0.25, -0.2) is 0 Å². The number of guanidine groups is 1. The summed E-state index contributed by atoms with van der Waals surface area (Å²) in [4.78, 5) is 4.43. The van der Waals surface area contributed by atoms with Gasteiger partial charge in [0.25, 0.3) is 0 Å². The van der Waals surface area contributed by atoms with Gasteiger partial charge in [0, 0.05) is 38.6 Å². The summed E-state index contributed by atoms with van der Waals surface area (Å²) in [5.74, 6) is 2.71. The summed E-state index contributed by atoms with van der Waals surface area (Å²) in [6.45, 7) is 5.75. The molecule has 166 valence electrons. The minimum atomic E-state index is 0.0146. The van der Waals surface area contributed by atoms with Gasteiger partial charge in [-0.15, -0.1) is 0 Å². The fraction of sp³-hybridized carbons (Fsp3) is 0.480. The lowest BCUT2D eigenvalue weighted by molar-refractivity contribution is 0.0513. The van der Waals surface area contributed by atoms with Crippen LogP contribution in [0.25, 0.3) is 0 Å². The molecule has 0 aromatic heterocycles. The van der Waals surface area contributed by atoms with E-state index < -0.39 is 0 Å². The Bertz CT molecular complexity index is 851. The van der Waals surface area contributed by atoms with E-state index in [2.05, 4.69) is 52.0 Å². The van der Waals surface area contributed by atoms with Crippen molar-refractivity contribution in [3.8, 4) is 11.5 Å². The van der Waals surface area contributed by atoms with Gasteiger partial charge in [-0.2, -0.15) is 0 Å². The number of nitrogens with one attached hydrogen (secondary N) is 2. The highest BCUT2D eigenvalue weighted by Crippen LogP contribution is 2.35. The molecule has 1 atom stereocenters. The average Bonchev–Trinajstić information content (AvgIpc) is 3.23. The number of para-hydroxylation sites is 1. The fourth-order valence-electron chi connectivity index (χ4n) is 4.45. The van der Waals surface area contributed by atoms with Crippen molar-refractivity contribution >= 4 is 5.96 Å². The van der Waals surface area contributed by atoms with E-state index in [0.717, 1.165) is 56.5 Å². The lowest BCUT2D eigenvalue weighted by atomic mass is 9.74. The van der Waals surface area contributed by atoms with Crippen LogP contribution in [0.4, 0.5) is 0 Å². The van der Waals surface area contributed by atoms with E-state index in [-0.39, 0.29) is 11.5 Å². The second-order valence-electron chi connectivity index (χ2n) is 8.21. The van der Waals surface area contributed by atoms with E-state index in [1.165, 1.54) is 11.1 Å². The fourth-order valence-corrected chi connectivity index (χ4v) is 4.45. The standard InChI is InChI=1S/C25H33N3O3/c1-3-30-21-10-8-20(9-11-21)25(12-14-29-15-13-25)18-28-24(26-2)27-17-22-16-19-6-4-5-7-23(19)31-22/h4-11,22H,3,12-18H2,1-2H3,(H2,26,27,28). The van der Waals surface area contributed by atoms with E-state index in [0.29, 0.717) is 13.2 Å². The lowest BCUT2D eigenvalue weighted by Gasteiger charge is -2.38. The van der Waals surface area contributed by atoms with E-state index in [1.54, 1.807) is 0 Å². The van der Waals surface area contributed by atoms with Crippen LogP contribution in [-0.4, -0.2) is 52.0 Å². The zero-order chi connectivity index (χ0) is 21.5. The molecule has 0 amide bonds. The van der Waals surface area contributed by atoms with Crippen molar-refractivity contribution in [3.05, 3.63) is 59.7 Å². The number of benzene rings is 2. The maximum Gasteiger partial charge on any atom is 0.191 e. The van der Waals surface area contributed by atoms with Crippen LogP contribution < -0.4 is 20.1 Å². The van der Waals surface area contributed by atoms with Gasteiger partial charge >= 0.3 is 0 Å². The Morgan fingerprint density at radius 2 is 1.87 bits per heavy atom. The maximum atomic E-state index is 6.04. The van der Waals surface area contributed by atoms with Crippen LogP contribution >= 0.6 is 0 Å². The predicted octanol–water partition coefficient (Wildman–Crippen LogP) is 3.30. The molecule has 0 spiro atoms. The molecular formula is C25H33N3O3. The highest BCUT2D eigenvalue weighted by atomic mass is 16.5. The van der Waals surface area contributed by atoms with Gasteiger partial charge in [-0.3, -0.25) is 4.99 Å². The Balaban J connectivity index is 1.36. The highest BCUT2D eigenvalue weighted by molar-refractivity contribution is 5.79. The summed E-state index contributed by atoms with van der Waals surface area (Å²) in [5.41, 5.74) is 2.60. The van der Waals surface area contributed by atoms with Crippen LogP contribution in [0.5, 0.6) is 11.5 Å².